The molecule has 0 atom stereocenters. The lowest BCUT2D eigenvalue weighted by Crippen LogP contribution is -2.53. The molecule has 2 aliphatic heterocycles. The van der Waals surface area contributed by atoms with Crippen LogP contribution >= 0.6 is 0 Å². The number of hydrogen-bond acceptors (Lipinski definition) is 3. The van der Waals surface area contributed by atoms with Gasteiger partial charge in [0.1, 0.15) is 0 Å². The van der Waals surface area contributed by atoms with Gasteiger partial charge in [-0.25, -0.2) is 0 Å². The molecule has 3 rings (SSSR count). The van der Waals surface area contributed by atoms with Crippen LogP contribution in [0.5, 0.6) is 0 Å². The molecular formula is C21H27N3O3. The summed E-state index contributed by atoms with van der Waals surface area (Å²) in [5, 5.41) is 3.01. The molecule has 1 N–H and O–H groups in total. The lowest BCUT2D eigenvalue weighted by molar-refractivity contribution is -0.135. The number of amides is 3. The highest BCUT2D eigenvalue weighted by molar-refractivity contribution is 5.92. The molecule has 1 aromatic rings. The van der Waals surface area contributed by atoms with E-state index in [0.29, 0.717) is 38.4 Å². The van der Waals surface area contributed by atoms with Gasteiger partial charge in [-0.1, -0.05) is 30.3 Å². The first-order valence-electron chi connectivity index (χ1n) is 9.58. The molecular weight excluding hydrogens is 342 g/mol. The number of carbonyl (C=O) groups is 3. The van der Waals surface area contributed by atoms with E-state index in [1.807, 2.05) is 36.4 Å². The minimum absolute atomic E-state index is 0.00324. The van der Waals surface area contributed by atoms with Crippen molar-refractivity contribution in [3.8, 4) is 0 Å². The minimum Gasteiger partial charge on any atom is -0.355 e. The first kappa shape index (κ1) is 19.1. The third-order valence-corrected chi connectivity index (χ3v) is 5.36. The summed E-state index contributed by atoms with van der Waals surface area (Å²) in [6.45, 7) is 4.88. The standard InChI is InChI=1S/C21H27N3O3/c1-16(25)24-14-18(15-24)13-22-21(27)19-9-11-23(12-10-19)20(26)8-7-17-5-3-2-4-6-17/h2-8,18-19H,9-15H2,1H3,(H,22,27)/b8-7+. The van der Waals surface area contributed by atoms with Crippen molar-refractivity contribution in [2.45, 2.75) is 19.8 Å². The Morgan fingerprint density at radius 3 is 2.37 bits per heavy atom. The average molecular weight is 369 g/mol. The van der Waals surface area contributed by atoms with Crippen molar-refractivity contribution in [1.29, 1.82) is 0 Å². The van der Waals surface area contributed by atoms with Crippen LogP contribution in [0.2, 0.25) is 0 Å². The van der Waals surface area contributed by atoms with Gasteiger partial charge in [-0.15, -0.1) is 0 Å². The minimum atomic E-state index is -0.0314. The zero-order chi connectivity index (χ0) is 19.2. The van der Waals surface area contributed by atoms with Gasteiger partial charge in [0.15, 0.2) is 0 Å². The molecule has 3 amide bonds. The monoisotopic (exact) mass is 369 g/mol. The van der Waals surface area contributed by atoms with Crippen molar-refractivity contribution in [3.05, 3.63) is 42.0 Å². The number of nitrogens with one attached hydrogen (secondary N) is 1. The van der Waals surface area contributed by atoms with E-state index in [-0.39, 0.29) is 23.6 Å². The van der Waals surface area contributed by atoms with E-state index in [2.05, 4.69) is 5.32 Å². The summed E-state index contributed by atoms with van der Waals surface area (Å²) in [6.07, 6.45) is 4.82. The molecule has 0 bridgehead atoms. The van der Waals surface area contributed by atoms with Crippen LogP contribution in [-0.2, 0) is 14.4 Å². The maximum atomic E-state index is 12.3. The third-order valence-electron chi connectivity index (χ3n) is 5.36. The molecule has 6 nitrogen and oxygen atoms in total. The van der Waals surface area contributed by atoms with Gasteiger partial charge in [-0.3, -0.25) is 14.4 Å². The van der Waals surface area contributed by atoms with Crippen LogP contribution in [0.1, 0.15) is 25.3 Å². The van der Waals surface area contributed by atoms with Crippen molar-refractivity contribution >= 4 is 23.8 Å². The van der Waals surface area contributed by atoms with Crippen LogP contribution in [0.4, 0.5) is 0 Å². The Bertz CT molecular complexity index is 703. The van der Waals surface area contributed by atoms with Crippen LogP contribution in [0.25, 0.3) is 6.08 Å². The maximum absolute atomic E-state index is 12.3. The Balaban J connectivity index is 1.37. The second kappa shape index (κ2) is 8.84. The Hall–Kier alpha value is -2.63. The molecule has 6 heteroatoms. The second-order valence-corrected chi connectivity index (χ2v) is 7.38. The highest BCUT2D eigenvalue weighted by Crippen LogP contribution is 2.19. The molecule has 0 aromatic heterocycles. The number of rotatable bonds is 5. The lowest BCUT2D eigenvalue weighted by atomic mass is 9.94. The van der Waals surface area contributed by atoms with Gasteiger partial charge in [0.05, 0.1) is 0 Å². The molecule has 0 unspecified atom stereocenters. The molecule has 27 heavy (non-hydrogen) atoms. The molecule has 0 saturated carbocycles. The fraction of sp³-hybridized carbons (Fsp3) is 0.476. The predicted molar refractivity (Wildman–Crippen MR) is 104 cm³/mol. The van der Waals surface area contributed by atoms with Crippen molar-refractivity contribution in [2.24, 2.45) is 11.8 Å². The summed E-state index contributed by atoms with van der Waals surface area (Å²) in [7, 11) is 0. The quantitative estimate of drug-likeness (QED) is 0.801. The number of likely N-dealkylation sites (tertiary alicyclic amines) is 2. The van der Waals surface area contributed by atoms with E-state index in [4.69, 9.17) is 0 Å². The Morgan fingerprint density at radius 1 is 1.07 bits per heavy atom. The summed E-state index contributed by atoms with van der Waals surface area (Å²) < 4.78 is 0. The van der Waals surface area contributed by atoms with Crippen LogP contribution < -0.4 is 5.32 Å². The molecule has 2 saturated heterocycles. The van der Waals surface area contributed by atoms with Gasteiger partial charge in [0, 0.05) is 57.6 Å². The molecule has 0 aliphatic carbocycles. The summed E-state index contributed by atoms with van der Waals surface area (Å²) in [6, 6.07) is 9.74. The Kier molecular flexibility index (Phi) is 6.27. The summed E-state index contributed by atoms with van der Waals surface area (Å²) in [4.78, 5) is 39.4. The highest BCUT2D eigenvalue weighted by Gasteiger charge is 2.30. The molecule has 144 valence electrons. The molecule has 0 radical (unpaired) electrons. The van der Waals surface area contributed by atoms with Gasteiger partial charge in [-0.05, 0) is 24.5 Å². The van der Waals surface area contributed by atoms with Crippen molar-refractivity contribution in [2.75, 3.05) is 32.7 Å². The van der Waals surface area contributed by atoms with Crippen LogP contribution in [0.15, 0.2) is 36.4 Å². The molecule has 2 aliphatic rings. The first-order chi connectivity index (χ1) is 13.0. The number of benzene rings is 1. The topological polar surface area (TPSA) is 69.7 Å². The highest BCUT2D eigenvalue weighted by atomic mass is 16.2. The van der Waals surface area contributed by atoms with Crippen LogP contribution in [0, 0.1) is 11.8 Å². The van der Waals surface area contributed by atoms with Crippen molar-refractivity contribution in [3.63, 3.8) is 0 Å². The van der Waals surface area contributed by atoms with E-state index in [1.165, 1.54) is 0 Å². The number of hydrogen-bond donors (Lipinski definition) is 1. The molecule has 2 fully saturated rings. The Morgan fingerprint density at radius 2 is 1.74 bits per heavy atom. The van der Waals surface area contributed by atoms with E-state index in [0.717, 1.165) is 18.7 Å². The third kappa shape index (κ3) is 5.18. The molecule has 0 spiro atoms. The average Bonchev–Trinajstić information content (AvgIpc) is 2.65. The van der Waals surface area contributed by atoms with Gasteiger partial charge in [-0.2, -0.15) is 0 Å². The van der Waals surface area contributed by atoms with Gasteiger partial charge in [0.2, 0.25) is 17.7 Å². The zero-order valence-electron chi connectivity index (χ0n) is 15.8. The normalized spacial score (nSPS) is 18.4. The second-order valence-electron chi connectivity index (χ2n) is 7.38. The van der Waals surface area contributed by atoms with Crippen molar-refractivity contribution < 1.29 is 14.4 Å². The molecule has 2 heterocycles. The maximum Gasteiger partial charge on any atom is 0.246 e. The van der Waals surface area contributed by atoms with E-state index in [9.17, 15) is 14.4 Å². The fourth-order valence-corrected chi connectivity index (χ4v) is 3.54. The summed E-state index contributed by atoms with van der Waals surface area (Å²) in [5.74, 6) is 0.495. The SMILES string of the molecule is CC(=O)N1CC(CNC(=O)C2CCN(C(=O)/C=C/c3ccccc3)CC2)C1. The first-order valence-corrected chi connectivity index (χ1v) is 9.58. The van der Waals surface area contributed by atoms with Gasteiger partial charge >= 0.3 is 0 Å². The number of nitrogens with zero attached hydrogens (tertiary/aromatic N) is 2. The number of piperidine rings is 1. The van der Waals surface area contributed by atoms with E-state index in [1.54, 1.807) is 22.8 Å². The van der Waals surface area contributed by atoms with E-state index < -0.39 is 0 Å². The fourth-order valence-electron chi connectivity index (χ4n) is 3.54. The smallest absolute Gasteiger partial charge is 0.246 e. The Labute approximate surface area is 160 Å². The van der Waals surface area contributed by atoms with Crippen molar-refractivity contribution in [1.82, 2.24) is 15.1 Å². The van der Waals surface area contributed by atoms with Gasteiger partial charge in [0.25, 0.3) is 0 Å². The zero-order valence-corrected chi connectivity index (χ0v) is 15.8. The molecule has 1 aromatic carbocycles. The van der Waals surface area contributed by atoms with E-state index >= 15 is 0 Å². The van der Waals surface area contributed by atoms with Crippen LogP contribution in [0.3, 0.4) is 0 Å². The largest absolute Gasteiger partial charge is 0.355 e. The summed E-state index contributed by atoms with van der Waals surface area (Å²) in [5.41, 5.74) is 0.999. The lowest BCUT2D eigenvalue weighted by Gasteiger charge is -2.39. The summed E-state index contributed by atoms with van der Waals surface area (Å²) >= 11 is 0. The number of carbonyl (C=O) groups excluding carboxylic acids is 3. The van der Waals surface area contributed by atoms with Gasteiger partial charge < -0.3 is 15.1 Å². The predicted octanol–water partition coefficient (Wildman–Crippen LogP) is 1.53. The van der Waals surface area contributed by atoms with Crippen LogP contribution in [-0.4, -0.2) is 60.2 Å².